The topological polar surface area (TPSA) is 59.8 Å². The molecule has 1 N–H and O–H groups in total. The molecule has 0 amide bonds. The van der Waals surface area contributed by atoms with Crippen LogP contribution in [0.25, 0.3) is 11.3 Å². The zero-order valence-electron chi connectivity index (χ0n) is 18.3. The quantitative estimate of drug-likeness (QED) is 0.382. The van der Waals surface area contributed by atoms with E-state index in [-0.39, 0.29) is 12.1 Å². The van der Waals surface area contributed by atoms with Crippen LogP contribution in [-0.4, -0.2) is 24.3 Å². The summed E-state index contributed by atoms with van der Waals surface area (Å²) in [7, 11) is 3.28. The first-order chi connectivity index (χ1) is 16.2. The predicted molar refractivity (Wildman–Crippen MR) is 132 cm³/mol. The van der Waals surface area contributed by atoms with Crippen LogP contribution in [0.3, 0.4) is 0 Å². The number of aromatic nitrogens is 1. The molecule has 1 aliphatic rings. The Labute approximate surface area is 197 Å². The van der Waals surface area contributed by atoms with Crippen LogP contribution in [0.2, 0.25) is 0 Å². The highest BCUT2D eigenvalue weighted by molar-refractivity contribution is 7.80. The fraction of sp³-hybridized carbons (Fsp3) is 0.154. The Morgan fingerprint density at radius 2 is 1.76 bits per heavy atom. The number of hydrogen-bond acceptors (Lipinski definition) is 5. The fourth-order valence-electron chi connectivity index (χ4n) is 4.16. The minimum atomic E-state index is -0.286. The van der Waals surface area contributed by atoms with Crippen LogP contribution in [-0.2, 0) is 0 Å². The van der Waals surface area contributed by atoms with E-state index in [1.807, 2.05) is 83.8 Å². The van der Waals surface area contributed by atoms with Crippen LogP contribution >= 0.6 is 12.2 Å². The summed E-state index contributed by atoms with van der Waals surface area (Å²) >= 11 is 5.81. The second-order valence-corrected chi connectivity index (χ2v) is 7.99. The lowest BCUT2D eigenvalue weighted by Crippen LogP contribution is -2.29. The summed E-state index contributed by atoms with van der Waals surface area (Å²) < 4.78 is 17.6. The van der Waals surface area contributed by atoms with E-state index in [2.05, 4.69) is 10.3 Å². The minimum Gasteiger partial charge on any atom is -0.497 e. The molecule has 33 heavy (non-hydrogen) atoms. The summed E-state index contributed by atoms with van der Waals surface area (Å²) in [4.78, 5) is 6.61. The summed E-state index contributed by atoms with van der Waals surface area (Å²) in [5.41, 5.74) is 2.67. The maximum atomic E-state index is 6.39. The van der Waals surface area contributed by atoms with Crippen molar-refractivity contribution in [3.05, 3.63) is 96.5 Å². The van der Waals surface area contributed by atoms with Gasteiger partial charge in [-0.05, 0) is 48.6 Å². The maximum Gasteiger partial charge on any atom is 0.174 e. The first kappa shape index (κ1) is 21.0. The van der Waals surface area contributed by atoms with E-state index in [0.29, 0.717) is 16.6 Å². The van der Waals surface area contributed by atoms with Gasteiger partial charge in [0.05, 0.1) is 31.6 Å². The first-order valence-electron chi connectivity index (χ1n) is 10.6. The number of benzene rings is 2. The second-order valence-electron chi connectivity index (χ2n) is 7.60. The van der Waals surface area contributed by atoms with Gasteiger partial charge in [-0.2, -0.15) is 0 Å². The number of rotatable bonds is 6. The lowest BCUT2D eigenvalue weighted by Gasteiger charge is -2.27. The molecule has 0 aliphatic carbocycles. The van der Waals surface area contributed by atoms with E-state index >= 15 is 0 Å². The second kappa shape index (κ2) is 8.96. The Balaban J connectivity index is 1.64. The van der Waals surface area contributed by atoms with Gasteiger partial charge >= 0.3 is 0 Å². The van der Waals surface area contributed by atoms with Crippen molar-refractivity contribution in [2.24, 2.45) is 0 Å². The Morgan fingerprint density at radius 3 is 2.48 bits per heavy atom. The lowest BCUT2D eigenvalue weighted by molar-refractivity contribution is 0.400. The van der Waals surface area contributed by atoms with Crippen molar-refractivity contribution in [2.45, 2.75) is 12.1 Å². The highest BCUT2D eigenvalue weighted by Gasteiger charge is 2.43. The highest BCUT2D eigenvalue weighted by atomic mass is 32.1. The largest absolute Gasteiger partial charge is 0.497 e. The van der Waals surface area contributed by atoms with Gasteiger partial charge in [0.2, 0.25) is 0 Å². The van der Waals surface area contributed by atoms with Gasteiger partial charge in [-0.15, -0.1) is 0 Å². The lowest BCUT2D eigenvalue weighted by atomic mass is 10.0. The maximum absolute atomic E-state index is 6.39. The summed E-state index contributed by atoms with van der Waals surface area (Å²) in [6.07, 6.45) is 1.78. The van der Waals surface area contributed by atoms with Crippen molar-refractivity contribution >= 4 is 23.0 Å². The van der Waals surface area contributed by atoms with Crippen LogP contribution < -0.4 is 19.7 Å². The average Bonchev–Trinajstić information content (AvgIpc) is 3.49. The molecular formula is C26H23N3O3S. The number of nitrogens with zero attached hydrogens (tertiary/aromatic N) is 2. The normalized spacial score (nSPS) is 17.6. The number of furan rings is 1. The number of nitrogens with one attached hydrogen (secondary N) is 1. The van der Waals surface area contributed by atoms with Gasteiger partial charge in [0.15, 0.2) is 5.11 Å². The van der Waals surface area contributed by atoms with Gasteiger partial charge in [0, 0.05) is 17.8 Å². The molecule has 7 heteroatoms. The van der Waals surface area contributed by atoms with E-state index in [9.17, 15) is 0 Å². The summed E-state index contributed by atoms with van der Waals surface area (Å²) in [6, 6.07) is 25.0. The zero-order chi connectivity index (χ0) is 22.8. The molecule has 0 spiro atoms. The molecule has 5 rings (SSSR count). The fourth-order valence-corrected chi connectivity index (χ4v) is 4.50. The molecular weight excluding hydrogens is 434 g/mol. The molecule has 3 heterocycles. The van der Waals surface area contributed by atoms with Crippen molar-refractivity contribution in [1.29, 1.82) is 0 Å². The minimum absolute atomic E-state index is 0.218. The Kier molecular flexibility index (Phi) is 5.71. The molecule has 2 atom stereocenters. The third-order valence-corrected chi connectivity index (χ3v) is 6.03. The predicted octanol–water partition coefficient (Wildman–Crippen LogP) is 5.54. The number of pyridine rings is 1. The molecule has 0 saturated carbocycles. The molecule has 6 nitrogen and oxygen atoms in total. The molecule has 4 aromatic rings. The molecule has 166 valence electrons. The molecule has 1 saturated heterocycles. The number of anilines is 1. The van der Waals surface area contributed by atoms with E-state index in [0.717, 1.165) is 28.5 Å². The van der Waals surface area contributed by atoms with E-state index in [4.69, 9.17) is 26.1 Å². The molecule has 2 aromatic heterocycles. The zero-order valence-corrected chi connectivity index (χ0v) is 19.1. The molecule has 1 aliphatic heterocycles. The van der Waals surface area contributed by atoms with Gasteiger partial charge in [-0.25, -0.2) is 0 Å². The molecule has 0 radical (unpaired) electrons. The molecule has 1 fully saturated rings. The van der Waals surface area contributed by atoms with Crippen LogP contribution in [0, 0.1) is 0 Å². The third-order valence-electron chi connectivity index (χ3n) is 5.72. The highest BCUT2D eigenvalue weighted by Crippen LogP contribution is 2.46. The first-order valence-corrected chi connectivity index (χ1v) is 11.0. The van der Waals surface area contributed by atoms with Gasteiger partial charge in [-0.3, -0.25) is 4.98 Å². The summed E-state index contributed by atoms with van der Waals surface area (Å²) in [5, 5.41) is 4.00. The molecule has 2 unspecified atom stereocenters. The van der Waals surface area contributed by atoms with Crippen LogP contribution in [0.15, 0.2) is 89.5 Å². The Bertz CT molecular complexity index is 1260. The van der Waals surface area contributed by atoms with Crippen molar-refractivity contribution < 1.29 is 13.9 Å². The number of ether oxygens (including phenoxy) is 2. The number of thiocarbonyl (C=S) groups is 1. The smallest absolute Gasteiger partial charge is 0.174 e. The Hall–Kier alpha value is -3.84. The van der Waals surface area contributed by atoms with Crippen LogP contribution in [0.4, 0.5) is 5.69 Å². The number of methoxy groups -OCH3 is 2. The van der Waals surface area contributed by atoms with E-state index < -0.39 is 0 Å². The number of hydrogen-bond donors (Lipinski definition) is 1. The van der Waals surface area contributed by atoms with Crippen molar-refractivity contribution in [1.82, 2.24) is 10.3 Å². The average molecular weight is 458 g/mol. The van der Waals surface area contributed by atoms with Gasteiger partial charge in [0.25, 0.3) is 0 Å². The monoisotopic (exact) mass is 457 g/mol. The van der Waals surface area contributed by atoms with Gasteiger partial charge in [-0.1, -0.05) is 36.4 Å². The summed E-state index contributed by atoms with van der Waals surface area (Å²) in [6.45, 7) is 0. The molecule has 2 aromatic carbocycles. The molecule has 0 bridgehead atoms. The SMILES string of the molecule is COc1ccc(OC)c(N2C(=S)NC(c3ccccn3)C2c2ccc(-c3ccccc3)o2)c1. The van der Waals surface area contributed by atoms with Crippen LogP contribution in [0.1, 0.15) is 23.5 Å². The summed E-state index contributed by atoms with van der Waals surface area (Å²) in [5.74, 6) is 2.95. The van der Waals surface area contributed by atoms with Gasteiger partial charge < -0.3 is 24.1 Å². The van der Waals surface area contributed by atoms with Gasteiger partial charge in [0.1, 0.15) is 29.1 Å². The Morgan fingerprint density at radius 1 is 0.939 bits per heavy atom. The van der Waals surface area contributed by atoms with Crippen LogP contribution in [0.5, 0.6) is 11.5 Å². The van der Waals surface area contributed by atoms with E-state index in [1.165, 1.54) is 0 Å². The standard InChI is InChI=1S/C26H23N3O3S/c1-30-18-11-12-22(31-2)20(16-18)29-25(24(28-26(29)33)19-10-6-7-15-27-19)23-14-13-21(32-23)17-8-4-3-5-9-17/h3-16,24-25H,1-2H3,(H,28,33). The van der Waals surface area contributed by atoms with Crippen molar-refractivity contribution in [3.8, 4) is 22.8 Å². The van der Waals surface area contributed by atoms with Crippen molar-refractivity contribution in [3.63, 3.8) is 0 Å². The van der Waals surface area contributed by atoms with E-state index in [1.54, 1.807) is 20.4 Å². The third kappa shape index (κ3) is 3.91. The van der Waals surface area contributed by atoms with Crippen molar-refractivity contribution in [2.75, 3.05) is 19.1 Å².